The number of halogens is 2. The molecule has 1 aliphatic carbocycles. The van der Waals surface area contributed by atoms with Gasteiger partial charge in [0.05, 0.1) is 12.6 Å². The summed E-state index contributed by atoms with van der Waals surface area (Å²) in [6.07, 6.45) is 12.1. The lowest BCUT2D eigenvalue weighted by atomic mass is 9.79. The molecule has 232 valence electrons. The fourth-order valence-electron chi connectivity index (χ4n) is 6.63. The first-order valence-corrected chi connectivity index (χ1v) is 15.6. The summed E-state index contributed by atoms with van der Waals surface area (Å²) >= 11 is 0. The smallest absolute Gasteiger partial charge is 0.236 e. The predicted molar refractivity (Wildman–Crippen MR) is 165 cm³/mol. The number of aldehydes is 1. The molecule has 8 heteroatoms. The molecule has 1 amide bonds. The number of likely N-dealkylation sites (N-methyl/N-ethyl adjacent to an activating group) is 1. The van der Waals surface area contributed by atoms with Crippen LogP contribution in [-0.4, -0.2) is 60.5 Å². The van der Waals surface area contributed by atoms with Gasteiger partial charge in [-0.25, -0.2) is 8.78 Å². The highest BCUT2D eigenvalue weighted by Gasteiger charge is 2.33. The summed E-state index contributed by atoms with van der Waals surface area (Å²) in [5, 5.41) is 2.99. The molecule has 1 heterocycles. The maximum absolute atomic E-state index is 14.0. The highest BCUT2D eigenvalue weighted by molar-refractivity contribution is 5.87. The number of benzene rings is 2. The van der Waals surface area contributed by atoms with Crippen molar-refractivity contribution in [3.63, 3.8) is 0 Å². The number of carbonyl (C=O) groups excluding carboxylic acids is 3. The summed E-state index contributed by atoms with van der Waals surface area (Å²) in [6, 6.07) is 8.93. The third-order valence-corrected chi connectivity index (χ3v) is 8.99. The van der Waals surface area contributed by atoms with Crippen LogP contribution in [0.15, 0.2) is 42.6 Å². The van der Waals surface area contributed by atoms with E-state index in [2.05, 4.69) is 5.32 Å². The second-order valence-electron chi connectivity index (χ2n) is 12.4. The van der Waals surface area contributed by atoms with Crippen molar-refractivity contribution in [1.82, 2.24) is 15.1 Å². The number of ketones is 1. The molecule has 2 atom stereocenters. The number of hydrogen-bond donors (Lipinski definition) is 1. The van der Waals surface area contributed by atoms with Crippen LogP contribution in [0.1, 0.15) is 91.8 Å². The molecule has 0 radical (unpaired) electrons. The van der Waals surface area contributed by atoms with Crippen LogP contribution in [0.3, 0.4) is 0 Å². The van der Waals surface area contributed by atoms with Crippen LogP contribution in [0, 0.1) is 23.5 Å². The minimum absolute atomic E-state index is 0.0436. The molecule has 0 spiro atoms. The lowest BCUT2D eigenvalue weighted by Gasteiger charge is -2.36. The fraction of sp³-hybridized carbons (Fsp3) is 0.514. The molecule has 4 rings (SSSR count). The highest BCUT2D eigenvalue weighted by Crippen LogP contribution is 2.33. The van der Waals surface area contributed by atoms with Gasteiger partial charge in [0, 0.05) is 61.9 Å². The van der Waals surface area contributed by atoms with E-state index < -0.39 is 11.6 Å². The van der Waals surface area contributed by atoms with Gasteiger partial charge in [-0.1, -0.05) is 57.4 Å². The van der Waals surface area contributed by atoms with Gasteiger partial charge in [-0.15, -0.1) is 0 Å². The summed E-state index contributed by atoms with van der Waals surface area (Å²) in [6.45, 7) is 5.23. The maximum atomic E-state index is 14.0. The quantitative estimate of drug-likeness (QED) is 0.291. The van der Waals surface area contributed by atoms with E-state index >= 15 is 0 Å². The number of carbonyl (C=O) groups is 3. The third-order valence-electron chi connectivity index (χ3n) is 8.99. The normalized spacial score (nSPS) is 18.7. The van der Waals surface area contributed by atoms with E-state index in [-0.39, 0.29) is 42.7 Å². The molecule has 0 bridgehead atoms. The molecule has 1 saturated carbocycles. The zero-order chi connectivity index (χ0) is 30.9. The lowest BCUT2D eigenvalue weighted by Crippen LogP contribution is -2.44. The topological polar surface area (TPSA) is 69.7 Å². The molecule has 2 aromatic rings. The van der Waals surface area contributed by atoms with Gasteiger partial charge in [0.1, 0.15) is 11.6 Å². The lowest BCUT2D eigenvalue weighted by molar-refractivity contribution is -0.131. The van der Waals surface area contributed by atoms with E-state index in [0.29, 0.717) is 30.1 Å². The number of Topliss-reactive ketones (excluding diaryl/α,β-unsaturated/α-hetero) is 1. The molecule has 1 aliphatic heterocycles. The van der Waals surface area contributed by atoms with Crippen molar-refractivity contribution in [3.8, 4) is 0 Å². The third kappa shape index (κ3) is 8.37. The minimum atomic E-state index is -0.641. The standard InChI is InChI=1S/C35H45F2N3O3/c1-24(2)35(43)34(25-9-5-4-6-10-25)39(3)18-16-31-28(23-41)11-7-13-30(31)27-12-8-17-40(22-27)33(42)21-38-20-26-14-15-29(36)19-32(26)37/h7,11,13-16,18-19,23-25,27,34,38H,4-6,8-10,12,17,20-22H2,1-3H3/b18-16-. The summed E-state index contributed by atoms with van der Waals surface area (Å²) < 4.78 is 27.2. The second-order valence-corrected chi connectivity index (χ2v) is 12.4. The molecule has 6 nitrogen and oxygen atoms in total. The Morgan fingerprint density at radius 2 is 1.84 bits per heavy atom. The Hall–Kier alpha value is -3.39. The van der Waals surface area contributed by atoms with Gasteiger partial charge in [-0.2, -0.15) is 0 Å². The molecular formula is C35H45F2N3O3. The van der Waals surface area contributed by atoms with E-state index in [0.717, 1.165) is 62.0 Å². The molecule has 1 N–H and O–H groups in total. The number of likely N-dealkylation sites (tertiary alicyclic amines) is 1. The van der Waals surface area contributed by atoms with Gasteiger partial charge in [0.2, 0.25) is 5.91 Å². The molecule has 2 fully saturated rings. The molecule has 0 aromatic heterocycles. The van der Waals surface area contributed by atoms with Gasteiger partial charge in [0.15, 0.2) is 12.1 Å². The SMILES string of the molecule is CC(C)C(=O)C(C1CCCCC1)N(C)/C=C\c1c(C=O)cccc1C1CCCN(C(=O)CNCc2ccc(F)cc2F)C1. The Morgan fingerprint density at radius 3 is 2.53 bits per heavy atom. The number of hydrogen-bond acceptors (Lipinski definition) is 5. The Bertz CT molecular complexity index is 1310. The number of rotatable bonds is 12. The van der Waals surface area contributed by atoms with Gasteiger partial charge in [-0.3, -0.25) is 14.4 Å². The van der Waals surface area contributed by atoms with Crippen molar-refractivity contribution in [2.75, 3.05) is 26.7 Å². The summed E-state index contributed by atoms with van der Waals surface area (Å²) in [4.78, 5) is 42.3. The predicted octanol–water partition coefficient (Wildman–Crippen LogP) is 6.35. The van der Waals surface area contributed by atoms with Crippen molar-refractivity contribution in [2.45, 2.75) is 77.3 Å². The van der Waals surface area contributed by atoms with Crippen molar-refractivity contribution < 1.29 is 23.2 Å². The zero-order valence-electron chi connectivity index (χ0n) is 25.7. The van der Waals surface area contributed by atoms with E-state index in [4.69, 9.17) is 0 Å². The number of nitrogens with one attached hydrogen (secondary N) is 1. The minimum Gasteiger partial charge on any atom is -0.370 e. The number of amides is 1. The van der Waals surface area contributed by atoms with Gasteiger partial charge >= 0.3 is 0 Å². The largest absolute Gasteiger partial charge is 0.370 e. The van der Waals surface area contributed by atoms with Crippen LogP contribution in [0.25, 0.3) is 6.08 Å². The zero-order valence-corrected chi connectivity index (χ0v) is 25.7. The number of nitrogens with zero attached hydrogens (tertiary/aromatic N) is 2. The van der Waals surface area contributed by atoms with Crippen LogP contribution in [0.4, 0.5) is 8.78 Å². The van der Waals surface area contributed by atoms with Crippen LogP contribution in [-0.2, 0) is 16.1 Å². The monoisotopic (exact) mass is 593 g/mol. The van der Waals surface area contributed by atoms with E-state index in [9.17, 15) is 23.2 Å². The van der Waals surface area contributed by atoms with Gasteiger partial charge in [0.25, 0.3) is 0 Å². The Morgan fingerprint density at radius 1 is 1.07 bits per heavy atom. The van der Waals surface area contributed by atoms with E-state index in [1.165, 1.54) is 18.6 Å². The molecule has 2 unspecified atom stereocenters. The van der Waals surface area contributed by atoms with Crippen molar-refractivity contribution >= 4 is 24.1 Å². The van der Waals surface area contributed by atoms with Crippen LogP contribution >= 0.6 is 0 Å². The highest BCUT2D eigenvalue weighted by atomic mass is 19.1. The van der Waals surface area contributed by atoms with E-state index in [1.807, 2.05) is 55.1 Å². The molecule has 2 aromatic carbocycles. The first kappa shape index (κ1) is 32.5. The number of piperidine rings is 1. The summed E-state index contributed by atoms with van der Waals surface area (Å²) in [5.74, 6) is -0.801. The molecule has 2 aliphatic rings. The Labute approximate surface area is 254 Å². The van der Waals surface area contributed by atoms with Gasteiger partial charge in [-0.05, 0) is 54.9 Å². The van der Waals surface area contributed by atoms with Crippen LogP contribution < -0.4 is 5.32 Å². The van der Waals surface area contributed by atoms with Crippen LogP contribution in [0.2, 0.25) is 0 Å². The van der Waals surface area contributed by atoms with Crippen molar-refractivity contribution in [3.05, 3.63) is 76.5 Å². The summed E-state index contributed by atoms with van der Waals surface area (Å²) in [7, 11) is 1.96. The molecular weight excluding hydrogens is 548 g/mol. The summed E-state index contributed by atoms with van der Waals surface area (Å²) in [5.41, 5.74) is 2.72. The molecule has 43 heavy (non-hydrogen) atoms. The second kappa shape index (κ2) is 15.4. The first-order valence-electron chi connectivity index (χ1n) is 15.6. The van der Waals surface area contributed by atoms with Crippen molar-refractivity contribution in [1.29, 1.82) is 0 Å². The maximum Gasteiger partial charge on any atom is 0.236 e. The Balaban J connectivity index is 1.47. The first-order chi connectivity index (χ1) is 20.7. The van der Waals surface area contributed by atoms with Gasteiger partial charge < -0.3 is 15.1 Å². The Kier molecular flexibility index (Phi) is 11.6. The molecule has 1 saturated heterocycles. The van der Waals surface area contributed by atoms with Crippen LogP contribution in [0.5, 0.6) is 0 Å². The van der Waals surface area contributed by atoms with E-state index in [1.54, 1.807) is 6.07 Å². The van der Waals surface area contributed by atoms with Crippen molar-refractivity contribution in [2.24, 2.45) is 11.8 Å². The fourth-order valence-corrected chi connectivity index (χ4v) is 6.63. The average Bonchev–Trinajstić information content (AvgIpc) is 3.01. The average molecular weight is 594 g/mol.